The number of thiophene rings is 1. The standard InChI is InChI=1S/C22H26O5S3/c1-5-27-20(24)19-16-12-22(3,4)13-17(23)18(16)21(29-19)28-10-11-30(25,26)15-8-6-14(2)7-9-15/h6-9H,5,10-13H2,1-4H3. The molecule has 1 aliphatic carbocycles. The molecule has 0 spiro atoms. The summed E-state index contributed by atoms with van der Waals surface area (Å²) in [5.74, 6) is -0.135. The van der Waals surface area contributed by atoms with E-state index < -0.39 is 15.8 Å². The van der Waals surface area contributed by atoms with Crippen LogP contribution in [0.3, 0.4) is 0 Å². The molecule has 0 atom stereocenters. The summed E-state index contributed by atoms with van der Waals surface area (Å²) in [4.78, 5) is 26.1. The number of esters is 1. The number of fused-ring (bicyclic) bond motifs is 1. The molecule has 8 heteroatoms. The Hall–Kier alpha value is -1.64. The van der Waals surface area contributed by atoms with E-state index in [0.29, 0.717) is 38.1 Å². The van der Waals surface area contributed by atoms with Crippen LogP contribution < -0.4 is 0 Å². The second kappa shape index (κ2) is 8.85. The lowest BCUT2D eigenvalue weighted by molar-refractivity contribution is 0.0530. The number of sulfone groups is 1. The monoisotopic (exact) mass is 466 g/mol. The lowest BCUT2D eigenvalue weighted by atomic mass is 9.74. The van der Waals surface area contributed by atoms with Gasteiger partial charge in [-0.2, -0.15) is 0 Å². The van der Waals surface area contributed by atoms with E-state index in [9.17, 15) is 18.0 Å². The van der Waals surface area contributed by atoms with Gasteiger partial charge in [-0.3, -0.25) is 4.79 Å². The van der Waals surface area contributed by atoms with Gasteiger partial charge in [0.05, 0.1) is 21.5 Å². The van der Waals surface area contributed by atoms with Crippen molar-refractivity contribution >= 4 is 44.7 Å². The molecule has 0 bridgehead atoms. The van der Waals surface area contributed by atoms with Gasteiger partial charge in [0.2, 0.25) is 0 Å². The van der Waals surface area contributed by atoms with Gasteiger partial charge in [0.1, 0.15) is 4.88 Å². The highest BCUT2D eigenvalue weighted by Crippen LogP contribution is 2.45. The zero-order chi connectivity index (χ0) is 22.1. The third kappa shape index (κ3) is 4.98. The van der Waals surface area contributed by atoms with Gasteiger partial charge in [-0.15, -0.1) is 23.1 Å². The van der Waals surface area contributed by atoms with Crippen molar-refractivity contribution in [1.82, 2.24) is 0 Å². The highest BCUT2D eigenvalue weighted by Gasteiger charge is 2.38. The van der Waals surface area contributed by atoms with Gasteiger partial charge in [0.15, 0.2) is 15.6 Å². The van der Waals surface area contributed by atoms with E-state index in [1.165, 1.54) is 23.1 Å². The summed E-state index contributed by atoms with van der Waals surface area (Å²) in [7, 11) is -3.41. The minimum Gasteiger partial charge on any atom is -0.462 e. The van der Waals surface area contributed by atoms with Crippen molar-refractivity contribution < 1.29 is 22.7 Å². The molecule has 1 aliphatic rings. The third-order valence-corrected chi connectivity index (χ3v) is 9.45. The van der Waals surface area contributed by atoms with E-state index in [0.717, 1.165) is 11.1 Å². The molecule has 1 heterocycles. The molecule has 30 heavy (non-hydrogen) atoms. The van der Waals surface area contributed by atoms with Crippen LogP contribution in [0.25, 0.3) is 0 Å². The molecule has 3 rings (SSSR count). The predicted molar refractivity (Wildman–Crippen MR) is 121 cm³/mol. The largest absolute Gasteiger partial charge is 0.462 e. The molecule has 0 aliphatic heterocycles. The van der Waals surface area contributed by atoms with Gasteiger partial charge < -0.3 is 4.74 Å². The fraction of sp³-hybridized carbons (Fsp3) is 0.455. The van der Waals surface area contributed by atoms with E-state index >= 15 is 0 Å². The number of ketones is 1. The Bertz CT molecular complexity index is 1060. The average Bonchev–Trinajstić information content (AvgIpc) is 2.99. The highest BCUT2D eigenvalue weighted by atomic mass is 32.2. The van der Waals surface area contributed by atoms with Crippen LogP contribution in [-0.2, 0) is 21.0 Å². The maximum absolute atomic E-state index is 12.9. The van der Waals surface area contributed by atoms with Crippen LogP contribution in [0.15, 0.2) is 33.4 Å². The summed E-state index contributed by atoms with van der Waals surface area (Å²) in [5.41, 5.74) is 2.12. The Labute approximate surface area is 186 Å². The van der Waals surface area contributed by atoms with Gasteiger partial charge in [-0.1, -0.05) is 31.5 Å². The lowest BCUT2D eigenvalue weighted by Crippen LogP contribution is -2.27. The lowest BCUT2D eigenvalue weighted by Gasteiger charge is -2.29. The summed E-state index contributed by atoms with van der Waals surface area (Å²) in [6.45, 7) is 7.95. The summed E-state index contributed by atoms with van der Waals surface area (Å²) in [6.07, 6.45) is 1.04. The van der Waals surface area contributed by atoms with Crippen LogP contribution in [-0.4, -0.2) is 38.3 Å². The summed E-state index contributed by atoms with van der Waals surface area (Å²) in [6, 6.07) is 6.79. The zero-order valence-corrected chi connectivity index (χ0v) is 20.1. The minimum absolute atomic E-state index is 0.0111. The average molecular weight is 467 g/mol. The van der Waals surface area contributed by atoms with Crippen molar-refractivity contribution in [3.8, 4) is 0 Å². The topological polar surface area (TPSA) is 77.5 Å². The van der Waals surface area contributed by atoms with Crippen LogP contribution in [0.5, 0.6) is 0 Å². The van der Waals surface area contributed by atoms with Crippen LogP contribution in [0.2, 0.25) is 0 Å². The number of aryl methyl sites for hydroxylation is 1. The van der Waals surface area contributed by atoms with Crippen molar-refractivity contribution in [3.05, 3.63) is 45.8 Å². The zero-order valence-electron chi connectivity index (χ0n) is 17.6. The Morgan fingerprint density at radius 2 is 1.87 bits per heavy atom. The molecule has 0 unspecified atom stereocenters. The smallest absolute Gasteiger partial charge is 0.348 e. The van der Waals surface area contributed by atoms with Crippen molar-refractivity contribution in [1.29, 1.82) is 0 Å². The molecule has 0 amide bonds. The van der Waals surface area contributed by atoms with Gasteiger partial charge in [0, 0.05) is 17.7 Å². The van der Waals surface area contributed by atoms with E-state index in [1.807, 2.05) is 20.8 Å². The molecule has 162 valence electrons. The maximum atomic E-state index is 12.9. The second-order valence-electron chi connectivity index (χ2n) is 8.21. The number of Topliss-reactive ketones (excluding diaryl/α,β-unsaturated/α-hetero) is 1. The molecule has 0 saturated carbocycles. The summed E-state index contributed by atoms with van der Waals surface area (Å²) >= 11 is 2.58. The first-order valence-corrected chi connectivity index (χ1v) is 13.3. The molecule has 1 aromatic heterocycles. The number of hydrogen-bond donors (Lipinski definition) is 0. The van der Waals surface area contributed by atoms with E-state index in [-0.39, 0.29) is 23.6 Å². The number of thioether (sulfide) groups is 1. The van der Waals surface area contributed by atoms with Crippen molar-refractivity contribution in [2.75, 3.05) is 18.1 Å². The summed E-state index contributed by atoms with van der Waals surface area (Å²) in [5, 5.41) is 0. The highest BCUT2D eigenvalue weighted by molar-refractivity contribution is 8.02. The van der Waals surface area contributed by atoms with Crippen molar-refractivity contribution in [2.45, 2.75) is 49.6 Å². The number of carbonyl (C=O) groups is 2. The number of ether oxygens (including phenoxy) is 1. The fourth-order valence-electron chi connectivity index (χ4n) is 3.53. The van der Waals surface area contributed by atoms with Gasteiger partial charge >= 0.3 is 5.97 Å². The molecule has 0 saturated heterocycles. The van der Waals surface area contributed by atoms with Gasteiger partial charge in [0.25, 0.3) is 0 Å². The van der Waals surface area contributed by atoms with Crippen LogP contribution >= 0.6 is 23.1 Å². The Morgan fingerprint density at radius 3 is 2.50 bits per heavy atom. The number of benzene rings is 1. The normalized spacial score (nSPS) is 15.7. The molecule has 0 N–H and O–H groups in total. The molecule has 0 radical (unpaired) electrons. The first kappa shape index (κ1) is 23.0. The predicted octanol–water partition coefficient (Wildman–Crippen LogP) is 4.95. The van der Waals surface area contributed by atoms with Gasteiger partial charge in [-0.05, 0) is 43.4 Å². The minimum atomic E-state index is -3.41. The first-order valence-electron chi connectivity index (χ1n) is 9.82. The van der Waals surface area contributed by atoms with Crippen molar-refractivity contribution in [3.63, 3.8) is 0 Å². The Balaban J connectivity index is 1.83. The Kier molecular flexibility index (Phi) is 6.79. The van der Waals surface area contributed by atoms with Crippen molar-refractivity contribution in [2.24, 2.45) is 5.41 Å². The second-order valence-corrected chi connectivity index (χ2v) is 12.7. The Morgan fingerprint density at radius 1 is 1.20 bits per heavy atom. The van der Waals surface area contributed by atoms with Crippen LogP contribution in [0.1, 0.15) is 58.3 Å². The molecule has 2 aromatic rings. The SMILES string of the molecule is CCOC(=O)c1sc(SCCS(=O)(=O)c2ccc(C)cc2)c2c1CC(C)(C)CC2=O. The quantitative estimate of drug-likeness (QED) is 0.424. The fourth-order valence-corrected chi connectivity index (χ4v) is 7.79. The first-order chi connectivity index (χ1) is 14.0. The number of rotatable bonds is 7. The molecular weight excluding hydrogens is 440 g/mol. The molecular formula is C22H26O5S3. The molecule has 1 aromatic carbocycles. The molecule has 5 nitrogen and oxygen atoms in total. The van der Waals surface area contributed by atoms with E-state index in [1.54, 1.807) is 31.2 Å². The van der Waals surface area contributed by atoms with E-state index in [4.69, 9.17) is 4.74 Å². The van der Waals surface area contributed by atoms with Gasteiger partial charge in [-0.25, -0.2) is 13.2 Å². The molecule has 0 fully saturated rings. The van der Waals surface area contributed by atoms with Crippen LogP contribution in [0.4, 0.5) is 0 Å². The third-order valence-electron chi connectivity index (χ3n) is 4.97. The van der Waals surface area contributed by atoms with Crippen LogP contribution in [0, 0.1) is 12.3 Å². The van der Waals surface area contributed by atoms with E-state index in [2.05, 4.69) is 0 Å². The maximum Gasteiger partial charge on any atom is 0.348 e. The number of carbonyl (C=O) groups excluding carboxylic acids is 2. The number of hydrogen-bond acceptors (Lipinski definition) is 7. The summed E-state index contributed by atoms with van der Waals surface area (Å²) < 4.78 is 31.1.